The van der Waals surface area contributed by atoms with Crippen molar-refractivity contribution in [3.63, 3.8) is 0 Å². The number of para-hydroxylation sites is 1. The molecule has 0 aliphatic carbocycles. The number of hydrogen-bond donors (Lipinski definition) is 1. The molecule has 0 bridgehead atoms. The third kappa shape index (κ3) is 4.65. The van der Waals surface area contributed by atoms with Gasteiger partial charge in [-0.25, -0.2) is 0 Å². The molecule has 1 atom stereocenters. The van der Waals surface area contributed by atoms with Crippen LogP contribution < -0.4 is 5.32 Å². The highest BCUT2D eigenvalue weighted by molar-refractivity contribution is 7.99. The van der Waals surface area contributed by atoms with Crippen LogP contribution in [0.1, 0.15) is 19.1 Å². The second-order valence-electron chi connectivity index (χ2n) is 5.83. The minimum Gasteiger partial charge on any atom is -0.461 e. The Hall–Kier alpha value is -2.20. The molecule has 0 spiro atoms. The zero-order valence-corrected chi connectivity index (χ0v) is 14.5. The second-order valence-corrected chi connectivity index (χ2v) is 7.00. The number of amides is 1. The molecule has 1 N–H and O–H groups in total. The van der Waals surface area contributed by atoms with Gasteiger partial charge in [0.25, 0.3) is 0 Å². The van der Waals surface area contributed by atoms with Crippen LogP contribution in [0.4, 0.5) is 0 Å². The van der Waals surface area contributed by atoms with Crippen molar-refractivity contribution in [1.29, 1.82) is 0 Å². The molecular weight excluding hydrogens is 318 g/mol. The van der Waals surface area contributed by atoms with Gasteiger partial charge in [-0.3, -0.25) is 4.79 Å². The van der Waals surface area contributed by atoms with Gasteiger partial charge >= 0.3 is 0 Å². The van der Waals surface area contributed by atoms with E-state index >= 15 is 0 Å². The van der Waals surface area contributed by atoms with E-state index in [1.54, 1.807) is 11.8 Å². The molecule has 0 saturated heterocycles. The van der Waals surface area contributed by atoms with Gasteiger partial charge < -0.3 is 9.73 Å². The summed E-state index contributed by atoms with van der Waals surface area (Å²) in [4.78, 5) is 13.2. The van der Waals surface area contributed by atoms with Crippen molar-refractivity contribution in [1.82, 2.24) is 5.32 Å². The molecule has 0 fully saturated rings. The number of fused-ring (bicyclic) bond motifs is 1. The molecule has 124 valence electrons. The van der Waals surface area contributed by atoms with Crippen molar-refractivity contribution in [3.8, 4) is 0 Å². The summed E-state index contributed by atoms with van der Waals surface area (Å²) in [6.07, 6.45) is 1.22. The van der Waals surface area contributed by atoms with Gasteiger partial charge in [0, 0.05) is 34.9 Å². The summed E-state index contributed by atoms with van der Waals surface area (Å²) in [7, 11) is 0. The van der Waals surface area contributed by atoms with E-state index in [9.17, 15) is 4.79 Å². The van der Waals surface area contributed by atoms with Crippen LogP contribution in [0, 0.1) is 0 Å². The fraction of sp³-hybridized carbons (Fsp3) is 0.250. The average Bonchev–Trinajstić information content (AvgIpc) is 2.97. The Labute approximate surface area is 146 Å². The number of hydrogen-bond acceptors (Lipinski definition) is 3. The fourth-order valence-electron chi connectivity index (χ4n) is 2.62. The number of carbonyl (C=O) groups is 1. The first-order chi connectivity index (χ1) is 11.7. The van der Waals surface area contributed by atoms with Crippen molar-refractivity contribution in [2.75, 3.05) is 5.75 Å². The van der Waals surface area contributed by atoms with Crippen LogP contribution in [0.15, 0.2) is 70.0 Å². The first kappa shape index (κ1) is 16.7. The van der Waals surface area contributed by atoms with Crippen LogP contribution in [-0.4, -0.2) is 17.7 Å². The molecule has 0 aliphatic rings. The van der Waals surface area contributed by atoms with Gasteiger partial charge in [-0.05, 0) is 31.2 Å². The van der Waals surface area contributed by atoms with E-state index in [4.69, 9.17) is 4.42 Å². The van der Waals surface area contributed by atoms with Gasteiger partial charge in [0.2, 0.25) is 5.91 Å². The molecule has 1 unspecified atom stereocenters. The Morgan fingerprint density at radius 1 is 1.12 bits per heavy atom. The zero-order valence-electron chi connectivity index (χ0n) is 13.7. The standard InChI is InChI=1S/C20H21NO2S/c1-15(13-17-14-16-7-5-6-10-19(16)23-17)21-20(22)11-12-24-18-8-3-2-4-9-18/h2-10,14-15H,11-13H2,1H3,(H,21,22). The third-order valence-corrected chi connectivity index (χ3v) is 4.75. The number of nitrogens with one attached hydrogen (secondary N) is 1. The summed E-state index contributed by atoms with van der Waals surface area (Å²) < 4.78 is 5.80. The van der Waals surface area contributed by atoms with Gasteiger partial charge in [0.05, 0.1) is 0 Å². The maximum atomic E-state index is 12.1. The van der Waals surface area contributed by atoms with Gasteiger partial charge in [0.1, 0.15) is 11.3 Å². The smallest absolute Gasteiger partial charge is 0.221 e. The Bertz CT molecular complexity index is 765. The fourth-order valence-corrected chi connectivity index (χ4v) is 3.49. The van der Waals surface area contributed by atoms with E-state index in [2.05, 4.69) is 17.4 Å². The molecule has 0 saturated carbocycles. The van der Waals surface area contributed by atoms with E-state index in [0.717, 1.165) is 22.5 Å². The van der Waals surface area contributed by atoms with Gasteiger partial charge in [-0.2, -0.15) is 0 Å². The molecule has 2 aromatic carbocycles. The second kappa shape index (κ2) is 8.06. The Morgan fingerprint density at radius 3 is 2.67 bits per heavy atom. The molecule has 3 nitrogen and oxygen atoms in total. The normalized spacial score (nSPS) is 12.2. The highest BCUT2D eigenvalue weighted by Crippen LogP contribution is 2.20. The maximum Gasteiger partial charge on any atom is 0.221 e. The molecule has 1 heterocycles. The van der Waals surface area contributed by atoms with E-state index in [0.29, 0.717) is 12.8 Å². The summed E-state index contributed by atoms with van der Waals surface area (Å²) >= 11 is 1.70. The monoisotopic (exact) mass is 339 g/mol. The molecule has 1 amide bonds. The average molecular weight is 339 g/mol. The van der Waals surface area contributed by atoms with Gasteiger partial charge in [-0.15, -0.1) is 11.8 Å². The maximum absolute atomic E-state index is 12.1. The van der Waals surface area contributed by atoms with Gasteiger partial charge in [0.15, 0.2) is 0 Å². The van der Waals surface area contributed by atoms with E-state index in [-0.39, 0.29) is 11.9 Å². The van der Waals surface area contributed by atoms with Crippen LogP contribution in [0.25, 0.3) is 11.0 Å². The predicted molar refractivity (Wildman–Crippen MR) is 99.3 cm³/mol. The summed E-state index contributed by atoms with van der Waals surface area (Å²) in [6, 6.07) is 20.2. The molecule has 24 heavy (non-hydrogen) atoms. The molecule has 1 aromatic heterocycles. The van der Waals surface area contributed by atoms with Crippen LogP contribution in [0.2, 0.25) is 0 Å². The molecule has 3 aromatic rings. The van der Waals surface area contributed by atoms with Crippen molar-refractivity contribution in [3.05, 3.63) is 66.4 Å². The lowest BCUT2D eigenvalue weighted by Gasteiger charge is -2.12. The molecule has 3 rings (SSSR count). The summed E-state index contributed by atoms with van der Waals surface area (Å²) in [5.41, 5.74) is 0.894. The predicted octanol–water partition coefficient (Wildman–Crippen LogP) is 4.66. The molecule has 0 aliphatic heterocycles. The van der Waals surface area contributed by atoms with E-state index < -0.39 is 0 Å². The zero-order chi connectivity index (χ0) is 16.8. The number of furan rings is 1. The number of thioether (sulfide) groups is 1. The SMILES string of the molecule is CC(Cc1cc2ccccc2o1)NC(=O)CCSc1ccccc1. The van der Waals surface area contributed by atoms with Gasteiger partial charge in [-0.1, -0.05) is 36.4 Å². The lowest BCUT2D eigenvalue weighted by Crippen LogP contribution is -2.34. The summed E-state index contributed by atoms with van der Waals surface area (Å²) in [5, 5.41) is 4.15. The minimum atomic E-state index is 0.0554. The topological polar surface area (TPSA) is 42.2 Å². The van der Waals surface area contributed by atoms with Crippen LogP contribution in [0.3, 0.4) is 0 Å². The Balaban J connectivity index is 1.44. The first-order valence-electron chi connectivity index (χ1n) is 8.15. The van der Waals surface area contributed by atoms with E-state index in [1.165, 1.54) is 4.90 Å². The quantitative estimate of drug-likeness (QED) is 0.637. The summed E-state index contributed by atoms with van der Waals surface area (Å²) in [5.74, 6) is 1.78. The Morgan fingerprint density at radius 2 is 1.88 bits per heavy atom. The summed E-state index contributed by atoms with van der Waals surface area (Å²) in [6.45, 7) is 2.01. The number of carbonyl (C=O) groups excluding carboxylic acids is 1. The third-order valence-electron chi connectivity index (χ3n) is 3.73. The van der Waals surface area contributed by atoms with Crippen LogP contribution in [-0.2, 0) is 11.2 Å². The number of rotatable bonds is 7. The first-order valence-corrected chi connectivity index (χ1v) is 9.14. The van der Waals surface area contributed by atoms with Crippen molar-refractivity contribution in [2.24, 2.45) is 0 Å². The largest absolute Gasteiger partial charge is 0.461 e. The lowest BCUT2D eigenvalue weighted by molar-refractivity contribution is -0.121. The number of benzene rings is 2. The highest BCUT2D eigenvalue weighted by Gasteiger charge is 2.11. The van der Waals surface area contributed by atoms with Crippen molar-refractivity contribution >= 4 is 28.6 Å². The Kier molecular flexibility index (Phi) is 5.59. The molecule has 0 radical (unpaired) electrons. The van der Waals surface area contributed by atoms with E-state index in [1.807, 2.05) is 55.5 Å². The van der Waals surface area contributed by atoms with Crippen molar-refractivity contribution in [2.45, 2.75) is 30.7 Å². The molecular formula is C20H21NO2S. The van der Waals surface area contributed by atoms with Crippen molar-refractivity contribution < 1.29 is 9.21 Å². The highest BCUT2D eigenvalue weighted by atomic mass is 32.2. The lowest BCUT2D eigenvalue weighted by atomic mass is 10.1. The minimum absolute atomic E-state index is 0.0554. The van der Waals surface area contributed by atoms with Crippen LogP contribution in [0.5, 0.6) is 0 Å². The van der Waals surface area contributed by atoms with Crippen LogP contribution >= 0.6 is 11.8 Å². The molecule has 4 heteroatoms.